The zero-order valence-electron chi connectivity index (χ0n) is 15.8. The van der Waals surface area contributed by atoms with Crippen LogP contribution in [-0.4, -0.2) is 17.3 Å². The molecule has 134 valence electrons. The molecular weight excluding hydrogens is 330 g/mol. The second kappa shape index (κ2) is 6.40. The summed E-state index contributed by atoms with van der Waals surface area (Å²) in [5.74, 6) is 0. The molecule has 1 aliphatic heterocycles. The van der Waals surface area contributed by atoms with Crippen molar-refractivity contribution in [1.29, 1.82) is 0 Å². The van der Waals surface area contributed by atoms with Crippen LogP contribution in [0.2, 0.25) is 0 Å². The van der Waals surface area contributed by atoms with Crippen LogP contribution in [-0.2, 0) is 11.3 Å². The van der Waals surface area contributed by atoms with E-state index in [0.29, 0.717) is 6.10 Å². The Morgan fingerprint density at radius 2 is 1.52 bits per heavy atom. The van der Waals surface area contributed by atoms with Crippen molar-refractivity contribution < 1.29 is 4.74 Å². The highest BCUT2D eigenvalue weighted by molar-refractivity contribution is 6.06. The predicted molar refractivity (Wildman–Crippen MR) is 112 cm³/mol. The maximum atomic E-state index is 5.61. The highest BCUT2D eigenvalue weighted by Crippen LogP contribution is 2.43. The number of fused-ring (bicyclic) bond motifs is 1. The van der Waals surface area contributed by atoms with Crippen LogP contribution in [0.1, 0.15) is 11.1 Å². The van der Waals surface area contributed by atoms with E-state index in [0.717, 1.165) is 13.2 Å². The number of hydrogen-bond acceptors (Lipinski definition) is 1. The first-order valence-corrected chi connectivity index (χ1v) is 9.58. The van der Waals surface area contributed by atoms with Crippen LogP contribution in [0.4, 0.5) is 0 Å². The molecule has 3 aromatic carbocycles. The van der Waals surface area contributed by atoms with Crippen molar-refractivity contribution in [3.63, 3.8) is 0 Å². The van der Waals surface area contributed by atoms with E-state index in [4.69, 9.17) is 4.74 Å². The molecule has 2 heterocycles. The van der Waals surface area contributed by atoms with E-state index in [-0.39, 0.29) is 0 Å². The van der Waals surface area contributed by atoms with E-state index in [1.807, 2.05) is 0 Å². The molecule has 0 radical (unpaired) electrons. The maximum absolute atomic E-state index is 5.61. The van der Waals surface area contributed by atoms with Crippen molar-refractivity contribution in [2.45, 2.75) is 26.5 Å². The zero-order chi connectivity index (χ0) is 18.4. The molecular formula is C25H23NO. The number of benzene rings is 3. The summed E-state index contributed by atoms with van der Waals surface area (Å²) >= 11 is 0. The van der Waals surface area contributed by atoms with Gasteiger partial charge in [0.25, 0.3) is 0 Å². The van der Waals surface area contributed by atoms with Gasteiger partial charge in [0.15, 0.2) is 0 Å². The lowest BCUT2D eigenvalue weighted by Crippen LogP contribution is -2.06. The Morgan fingerprint density at radius 3 is 2.15 bits per heavy atom. The minimum Gasteiger partial charge on any atom is -0.371 e. The molecule has 1 fully saturated rings. The van der Waals surface area contributed by atoms with Crippen LogP contribution in [0.15, 0.2) is 72.8 Å². The molecule has 4 aromatic rings. The zero-order valence-corrected chi connectivity index (χ0v) is 15.8. The van der Waals surface area contributed by atoms with E-state index in [1.165, 1.54) is 44.4 Å². The van der Waals surface area contributed by atoms with E-state index >= 15 is 0 Å². The molecule has 0 amide bonds. The van der Waals surface area contributed by atoms with Gasteiger partial charge >= 0.3 is 0 Å². The van der Waals surface area contributed by atoms with Gasteiger partial charge in [0.1, 0.15) is 0 Å². The molecule has 5 rings (SSSR count). The van der Waals surface area contributed by atoms with Gasteiger partial charge in [-0.15, -0.1) is 0 Å². The largest absolute Gasteiger partial charge is 0.371 e. The highest BCUT2D eigenvalue weighted by atomic mass is 16.6. The summed E-state index contributed by atoms with van der Waals surface area (Å²) in [4.78, 5) is 0. The predicted octanol–water partition coefficient (Wildman–Crippen LogP) is 5.99. The summed E-state index contributed by atoms with van der Waals surface area (Å²) in [6.45, 7) is 6.17. The van der Waals surface area contributed by atoms with Gasteiger partial charge < -0.3 is 9.30 Å². The molecule has 0 bridgehead atoms. The van der Waals surface area contributed by atoms with Gasteiger partial charge in [-0.1, -0.05) is 72.3 Å². The fourth-order valence-corrected chi connectivity index (χ4v) is 4.24. The molecule has 1 aliphatic rings. The monoisotopic (exact) mass is 353 g/mol. The van der Waals surface area contributed by atoms with Crippen LogP contribution < -0.4 is 0 Å². The lowest BCUT2D eigenvalue weighted by Gasteiger charge is -2.13. The topological polar surface area (TPSA) is 17.5 Å². The quantitative estimate of drug-likeness (QED) is 0.412. The molecule has 2 nitrogen and oxygen atoms in total. The van der Waals surface area contributed by atoms with Crippen LogP contribution in [0, 0.1) is 13.8 Å². The van der Waals surface area contributed by atoms with Gasteiger partial charge in [-0.2, -0.15) is 0 Å². The second-order valence-electron chi connectivity index (χ2n) is 7.50. The van der Waals surface area contributed by atoms with Crippen molar-refractivity contribution in [1.82, 2.24) is 4.57 Å². The third kappa shape index (κ3) is 2.87. The number of hydrogen-bond donors (Lipinski definition) is 0. The first-order valence-electron chi connectivity index (χ1n) is 9.58. The molecule has 0 saturated carbocycles. The van der Waals surface area contributed by atoms with Gasteiger partial charge in [-0.25, -0.2) is 0 Å². The minimum absolute atomic E-state index is 0.326. The van der Waals surface area contributed by atoms with Gasteiger partial charge in [0.2, 0.25) is 0 Å². The molecule has 2 heteroatoms. The van der Waals surface area contributed by atoms with Crippen LogP contribution in [0.3, 0.4) is 0 Å². The van der Waals surface area contributed by atoms with E-state index < -0.39 is 0 Å². The van der Waals surface area contributed by atoms with Crippen molar-refractivity contribution in [2.24, 2.45) is 0 Å². The maximum Gasteiger partial charge on any atom is 0.0988 e. The van der Waals surface area contributed by atoms with Crippen molar-refractivity contribution >= 4 is 10.9 Å². The number of nitrogens with zero attached hydrogens (tertiary/aromatic N) is 1. The Labute approximate surface area is 160 Å². The van der Waals surface area contributed by atoms with E-state index in [1.54, 1.807) is 0 Å². The highest BCUT2D eigenvalue weighted by Gasteiger charge is 2.28. The fraction of sp³-hybridized carbons (Fsp3) is 0.200. The third-order valence-corrected chi connectivity index (χ3v) is 5.39. The van der Waals surface area contributed by atoms with Crippen LogP contribution in [0.25, 0.3) is 33.3 Å². The molecule has 1 unspecified atom stereocenters. The van der Waals surface area contributed by atoms with Crippen molar-refractivity contribution in [3.8, 4) is 22.4 Å². The Balaban J connectivity index is 1.92. The summed E-state index contributed by atoms with van der Waals surface area (Å²) in [7, 11) is 0. The van der Waals surface area contributed by atoms with Gasteiger partial charge in [0.05, 0.1) is 30.5 Å². The van der Waals surface area contributed by atoms with Crippen LogP contribution >= 0.6 is 0 Å². The first-order chi connectivity index (χ1) is 13.2. The smallest absolute Gasteiger partial charge is 0.0988 e. The Bertz CT molecular complexity index is 1110. The summed E-state index contributed by atoms with van der Waals surface area (Å²) in [6.07, 6.45) is 0.326. The number of ether oxygens (including phenoxy) is 1. The molecule has 0 aliphatic carbocycles. The summed E-state index contributed by atoms with van der Waals surface area (Å²) in [6, 6.07) is 26.2. The Hall–Kier alpha value is -2.84. The number of rotatable bonds is 4. The minimum atomic E-state index is 0.326. The Morgan fingerprint density at radius 1 is 0.889 bits per heavy atom. The number of aromatic nitrogens is 1. The second-order valence-corrected chi connectivity index (χ2v) is 7.50. The lowest BCUT2D eigenvalue weighted by molar-refractivity contribution is 0.386. The molecule has 27 heavy (non-hydrogen) atoms. The average molecular weight is 353 g/mol. The molecule has 0 spiro atoms. The SMILES string of the molecule is Cc1cc(C)c2c(c1)c(-c1ccccc1)c(-c1ccccc1)n2CC1CO1. The molecule has 1 saturated heterocycles. The van der Waals surface area contributed by atoms with Gasteiger partial charge in [-0.3, -0.25) is 0 Å². The normalized spacial score (nSPS) is 16.0. The first kappa shape index (κ1) is 16.3. The number of epoxide rings is 1. The van der Waals surface area contributed by atoms with E-state index in [2.05, 4.69) is 91.2 Å². The fourth-order valence-electron chi connectivity index (χ4n) is 4.24. The molecule has 0 N–H and O–H groups in total. The lowest BCUT2D eigenvalue weighted by atomic mass is 9.97. The Kier molecular flexibility index (Phi) is 3.87. The summed E-state index contributed by atoms with van der Waals surface area (Å²) < 4.78 is 8.10. The van der Waals surface area contributed by atoms with Crippen LogP contribution in [0.5, 0.6) is 0 Å². The summed E-state index contributed by atoms with van der Waals surface area (Å²) in [5, 5.41) is 1.33. The number of aryl methyl sites for hydroxylation is 2. The average Bonchev–Trinajstić information content (AvgIpc) is 3.44. The van der Waals surface area contributed by atoms with E-state index in [9.17, 15) is 0 Å². The van der Waals surface area contributed by atoms with Crippen molar-refractivity contribution in [3.05, 3.63) is 83.9 Å². The standard InChI is InChI=1S/C25H23NO/c1-17-13-18(2)24-22(14-17)23(19-9-5-3-6-10-19)25(20-11-7-4-8-12-20)26(24)15-21-16-27-21/h3-14,21H,15-16H2,1-2H3. The summed E-state index contributed by atoms with van der Waals surface area (Å²) in [5.41, 5.74) is 9.09. The molecule has 1 atom stereocenters. The van der Waals surface area contributed by atoms with Gasteiger partial charge in [0, 0.05) is 10.9 Å². The van der Waals surface area contributed by atoms with Crippen molar-refractivity contribution in [2.75, 3.05) is 6.61 Å². The van der Waals surface area contributed by atoms with Gasteiger partial charge in [-0.05, 0) is 36.6 Å². The third-order valence-electron chi connectivity index (χ3n) is 5.39. The molecule has 1 aromatic heterocycles.